The molecule has 9 nitrogen and oxygen atoms in total. The number of carboxylic acid groups (broad SMARTS) is 1. The average molecular weight is 1210 g/mol. The van der Waals surface area contributed by atoms with Gasteiger partial charge in [0.25, 0.3) is 0 Å². The van der Waals surface area contributed by atoms with E-state index in [0.29, 0.717) is 17.4 Å². The van der Waals surface area contributed by atoms with Gasteiger partial charge in [-0.25, -0.2) is 0 Å². The van der Waals surface area contributed by atoms with Crippen LogP contribution in [-0.4, -0.2) is 82.3 Å². The van der Waals surface area contributed by atoms with Crippen molar-refractivity contribution in [2.45, 2.75) is 296 Å². The van der Waals surface area contributed by atoms with Gasteiger partial charge in [-0.3, -0.25) is 9.59 Å². The van der Waals surface area contributed by atoms with Crippen LogP contribution < -0.4 is 5.11 Å². The molecule has 496 valence electrons. The summed E-state index contributed by atoms with van der Waals surface area (Å²) < 4.78 is 22.8. The fraction of sp³-hybridized carbons (Fsp3) is 0.679. The molecule has 87 heavy (non-hydrogen) atoms. The Balaban J connectivity index is 4.17. The van der Waals surface area contributed by atoms with Crippen LogP contribution in [0.4, 0.5) is 0 Å². The molecule has 0 aromatic heterocycles. The van der Waals surface area contributed by atoms with Gasteiger partial charge in [-0.1, -0.05) is 308 Å². The number of likely N-dealkylation sites (N-methyl/N-ethyl adjacent to an activating group) is 1. The predicted octanol–water partition coefficient (Wildman–Crippen LogP) is 20.8. The molecular weight excluding hydrogens is 1080 g/mol. The van der Waals surface area contributed by atoms with Crippen LogP contribution in [0.5, 0.6) is 0 Å². The molecule has 0 fully saturated rings. The maximum absolute atomic E-state index is 12.9. The summed E-state index contributed by atoms with van der Waals surface area (Å²) in [5.74, 6) is -2.30. The maximum Gasteiger partial charge on any atom is 0.306 e. The number of carbonyl (C=O) groups is 3. The van der Waals surface area contributed by atoms with E-state index in [4.69, 9.17) is 18.9 Å². The van der Waals surface area contributed by atoms with Gasteiger partial charge >= 0.3 is 11.9 Å². The zero-order chi connectivity index (χ0) is 63.3. The summed E-state index contributed by atoms with van der Waals surface area (Å²) in [5.41, 5.74) is 0. The second kappa shape index (κ2) is 67.4. The minimum Gasteiger partial charge on any atom is -0.545 e. The molecule has 2 atom stereocenters. The van der Waals surface area contributed by atoms with Crippen molar-refractivity contribution in [3.8, 4) is 0 Å². The van der Waals surface area contributed by atoms with Gasteiger partial charge in [-0.15, -0.1) is 0 Å². The lowest BCUT2D eigenvalue weighted by Gasteiger charge is -2.26. The summed E-state index contributed by atoms with van der Waals surface area (Å²) in [5, 5.41) is 11.8. The van der Waals surface area contributed by atoms with Crippen molar-refractivity contribution >= 4 is 17.9 Å². The van der Waals surface area contributed by atoms with E-state index >= 15 is 0 Å². The standard InChI is InChI=1S/C78H131NO8/c1-6-8-10-12-14-16-18-20-22-24-26-28-29-30-31-32-33-34-35-36-37-38-39-40-41-42-43-44-45-46-47-49-51-53-55-57-59-61-63-65-67-69-76(81)87-74(73-86-78(77(82)83)84-71-70-79(3,4)5)72-85-75(80)68-66-64-62-60-58-56-54-52-50-48-27-25-23-21-19-17-15-13-11-9-7-2/h8,10,14,16,20,22,26,28,30-31,33-34,36-37,39-40,42-43,45-46,49,51,74,78H,6-7,9,11-13,15,17-19,21,23-25,27,29,32,35,38,41,44,47-48,50,52-73H2,1-5H3/b10-8-,16-14-,22-20-,28-26-,31-30-,34-33-,37-36-,40-39-,43-42-,46-45-,51-49-. The molecule has 0 aliphatic rings. The fourth-order valence-corrected chi connectivity index (χ4v) is 9.54. The summed E-state index contributed by atoms with van der Waals surface area (Å²) in [6.07, 6.45) is 93.9. The molecule has 0 bridgehead atoms. The lowest BCUT2D eigenvalue weighted by Crippen LogP contribution is -2.44. The van der Waals surface area contributed by atoms with E-state index in [-0.39, 0.29) is 38.6 Å². The highest BCUT2D eigenvalue weighted by Crippen LogP contribution is 2.17. The van der Waals surface area contributed by atoms with Crippen molar-refractivity contribution in [1.29, 1.82) is 0 Å². The minimum absolute atomic E-state index is 0.141. The first kappa shape index (κ1) is 82.4. The Morgan fingerprint density at radius 3 is 0.977 bits per heavy atom. The van der Waals surface area contributed by atoms with Gasteiger partial charge in [0, 0.05) is 12.8 Å². The third-order valence-corrected chi connectivity index (χ3v) is 14.9. The molecule has 0 aromatic rings. The van der Waals surface area contributed by atoms with E-state index in [1.807, 2.05) is 21.1 Å². The molecule has 0 amide bonds. The topological polar surface area (TPSA) is 111 Å². The number of esters is 2. The Bertz CT molecular complexity index is 1890. The molecule has 0 saturated carbocycles. The molecule has 0 saturated heterocycles. The summed E-state index contributed by atoms with van der Waals surface area (Å²) >= 11 is 0. The van der Waals surface area contributed by atoms with Crippen LogP contribution in [0.3, 0.4) is 0 Å². The fourth-order valence-electron chi connectivity index (χ4n) is 9.54. The molecule has 0 heterocycles. The van der Waals surface area contributed by atoms with E-state index < -0.39 is 24.3 Å². The summed E-state index contributed by atoms with van der Waals surface area (Å²) in [6.45, 7) is 4.64. The van der Waals surface area contributed by atoms with Crippen LogP contribution in [0.15, 0.2) is 134 Å². The Labute approximate surface area is 535 Å². The maximum atomic E-state index is 12.9. The molecule has 0 radical (unpaired) electrons. The number of aliphatic carboxylic acids is 1. The van der Waals surface area contributed by atoms with Crippen molar-refractivity contribution in [2.75, 3.05) is 47.5 Å². The highest BCUT2D eigenvalue weighted by Gasteiger charge is 2.22. The summed E-state index contributed by atoms with van der Waals surface area (Å²) in [4.78, 5) is 37.5. The van der Waals surface area contributed by atoms with Crippen molar-refractivity contribution < 1.29 is 42.9 Å². The number of carboxylic acids is 1. The molecule has 0 N–H and O–H groups in total. The van der Waals surface area contributed by atoms with Gasteiger partial charge in [0.2, 0.25) is 0 Å². The van der Waals surface area contributed by atoms with Crippen molar-refractivity contribution in [3.05, 3.63) is 134 Å². The summed E-state index contributed by atoms with van der Waals surface area (Å²) in [6, 6.07) is 0. The van der Waals surface area contributed by atoms with Crippen LogP contribution in [0.25, 0.3) is 0 Å². The van der Waals surface area contributed by atoms with E-state index in [1.54, 1.807) is 0 Å². The first-order valence-corrected chi connectivity index (χ1v) is 35.3. The van der Waals surface area contributed by atoms with Crippen molar-refractivity contribution in [1.82, 2.24) is 0 Å². The second-order valence-electron chi connectivity index (χ2n) is 24.4. The van der Waals surface area contributed by atoms with Crippen LogP contribution in [0, 0.1) is 0 Å². The number of hydrogen-bond acceptors (Lipinski definition) is 8. The molecule has 0 aliphatic heterocycles. The Morgan fingerprint density at radius 2 is 0.655 bits per heavy atom. The van der Waals surface area contributed by atoms with Crippen LogP contribution in [-0.2, 0) is 33.3 Å². The summed E-state index contributed by atoms with van der Waals surface area (Å²) in [7, 11) is 5.92. The number of nitrogens with zero attached hydrogens (tertiary/aromatic N) is 1. The largest absolute Gasteiger partial charge is 0.545 e. The highest BCUT2D eigenvalue weighted by atomic mass is 16.7. The average Bonchev–Trinajstić information content (AvgIpc) is 3.59. The number of unbranched alkanes of at least 4 members (excludes halogenated alkanes) is 27. The van der Waals surface area contributed by atoms with E-state index in [9.17, 15) is 19.5 Å². The number of hydrogen-bond donors (Lipinski definition) is 0. The van der Waals surface area contributed by atoms with Crippen LogP contribution >= 0.6 is 0 Å². The minimum atomic E-state index is -1.63. The number of carbonyl (C=O) groups excluding carboxylic acids is 3. The van der Waals surface area contributed by atoms with Gasteiger partial charge < -0.3 is 33.3 Å². The molecular formula is C78H131NO8. The molecule has 0 aromatic carbocycles. The molecule has 9 heteroatoms. The number of quaternary nitrogens is 1. The molecule has 2 unspecified atom stereocenters. The lowest BCUT2D eigenvalue weighted by molar-refractivity contribution is -0.870. The SMILES string of the molecule is CC/C=C\C/C=C\C/C=C\C/C=C\C/C=C\C/C=C\C/C=C\C/C=C\C/C=C\C/C=C\C/C=C\CCCCCCCCCC(=O)OC(COC(=O)CCCCCCCCCCCCCCCCCCCCCCC)COC(OCC[N+](C)(C)C)C(=O)[O-]. The van der Waals surface area contributed by atoms with Crippen LogP contribution in [0.2, 0.25) is 0 Å². The van der Waals surface area contributed by atoms with Crippen molar-refractivity contribution in [2.24, 2.45) is 0 Å². The van der Waals surface area contributed by atoms with E-state index in [0.717, 1.165) is 116 Å². The smallest absolute Gasteiger partial charge is 0.306 e. The highest BCUT2D eigenvalue weighted by molar-refractivity contribution is 5.70. The third kappa shape index (κ3) is 68.8. The Kier molecular flexibility index (Phi) is 63.8. The van der Waals surface area contributed by atoms with Gasteiger partial charge in [-0.05, 0) is 96.3 Å². The monoisotopic (exact) mass is 1210 g/mol. The van der Waals surface area contributed by atoms with Gasteiger partial charge in [-0.2, -0.15) is 0 Å². The molecule has 0 rings (SSSR count). The van der Waals surface area contributed by atoms with Gasteiger partial charge in [0.05, 0.1) is 40.3 Å². The zero-order valence-corrected chi connectivity index (χ0v) is 56.6. The van der Waals surface area contributed by atoms with E-state index in [1.165, 1.54) is 135 Å². The second-order valence-corrected chi connectivity index (χ2v) is 24.4. The van der Waals surface area contributed by atoms with E-state index in [2.05, 4.69) is 148 Å². The first-order chi connectivity index (χ1) is 42.6. The van der Waals surface area contributed by atoms with Crippen molar-refractivity contribution in [3.63, 3.8) is 0 Å². The van der Waals surface area contributed by atoms with Crippen LogP contribution in [0.1, 0.15) is 284 Å². The molecule has 0 aliphatic carbocycles. The normalized spacial score (nSPS) is 13.5. The van der Waals surface area contributed by atoms with Gasteiger partial charge in [0.1, 0.15) is 13.2 Å². The number of allylic oxidation sites excluding steroid dienone is 22. The molecule has 0 spiro atoms. The predicted molar refractivity (Wildman–Crippen MR) is 370 cm³/mol. The lowest BCUT2D eigenvalue weighted by atomic mass is 10.0. The first-order valence-electron chi connectivity index (χ1n) is 35.3. The Morgan fingerprint density at radius 1 is 0.356 bits per heavy atom. The zero-order valence-electron chi connectivity index (χ0n) is 56.6. The third-order valence-electron chi connectivity index (χ3n) is 14.9. The Hall–Kier alpha value is -4.57. The number of rotatable bonds is 64. The number of ether oxygens (including phenoxy) is 4. The quantitative estimate of drug-likeness (QED) is 0.0195. The van der Waals surface area contributed by atoms with Gasteiger partial charge in [0.15, 0.2) is 12.4 Å².